The molecule has 1 saturated carbocycles. The number of nitrogens with zero attached hydrogens (tertiary/aromatic N) is 1. The Morgan fingerprint density at radius 1 is 1.00 bits per heavy atom. The van der Waals surface area contributed by atoms with Gasteiger partial charge in [0.25, 0.3) is 5.91 Å². The molecule has 1 fully saturated rings. The number of carbonyl (C=O) groups is 1. The Labute approximate surface area is 205 Å². The Bertz CT molecular complexity index is 1030. The Kier molecular flexibility index (Phi) is 8.37. The van der Waals surface area contributed by atoms with Crippen LogP contribution in [0.4, 0.5) is 0 Å². The summed E-state index contributed by atoms with van der Waals surface area (Å²) in [5, 5.41) is 3.15. The van der Waals surface area contributed by atoms with E-state index in [0.29, 0.717) is 18.4 Å². The molecule has 180 valence electrons. The van der Waals surface area contributed by atoms with Crippen molar-refractivity contribution in [2.45, 2.75) is 90.5 Å². The van der Waals surface area contributed by atoms with Gasteiger partial charge in [-0.3, -0.25) is 9.78 Å². The van der Waals surface area contributed by atoms with Crippen molar-refractivity contribution in [1.29, 1.82) is 0 Å². The van der Waals surface area contributed by atoms with E-state index < -0.39 is 0 Å². The van der Waals surface area contributed by atoms with E-state index in [-0.39, 0.29) is 5.91 Å². The van der Waals surface area contributed by atoms with Crippen molar-refractivity contribution in [2.75, 3.05) is 0 Å². The zero-order valence-corrected chi connectivity index (χ0v) is 21.1. The molecule has 3 nitrogen and oxygen atoms in total. The van der Waals surface area contributed by atoms with E-state index in [1.165, 1.54) is 50.5 Å². The minimum Gasteiger partial charge on any atom is -0.348 e. The molecule has 3 heteroatoms. The van der Waals surface area contributed by atoms with E-state index in [1.807, 2.05) is 25.3 Å². The number of benzene rings is 1. The lowest BCUT2D eigenvalue weighted by Crippen LogP contribution is -2.25. The second kappa shape index (κ2) is 11.6. The van der Waals surface area contributed by atoms with Gasteiger partial charge >= 0.3 is 0 Å². The minimum absolute atomic E-state index is 0.0209. The fourth-order valence-corrected chi connectivity index (χ4v) is 5.41. The van der Waals surface area contributed by atoms with Crippen LogP contribution in [0.15, 0.2) is 59.8 Å². The molecule has 2 aliphatic rings. The maximum atomic E-state index is 13.1. The average molecular weight is 457 g/mol. The van der Waals surface area contributed by atoms with Crippen molar-refractivity contribution in [3.8, 4) is 0 Å². The number of rotatable bonds is 4. The summed E-state index contributed by atoms with van der Waals surface area (Å²) in [5.74, 6) is 1.85. The summed E-state index contributed by atoms with van der Waals surface area (Å²) in [6.07, 6.45) is 16.3. The molecule has 3 atom stereocenters. The number of allylic oxidation sites excluding steroid dienone is 1. The summed E-state index contributed by atoms with van der Waals surface area (Å²) in [4.78, 5) is 17.7. The second-order valence-corrected chi connectivity index (χ2v) is 10.5. The first-order valence-corrected chi connectivity index (χ1v) is 13.2. The van der Waals surface area contributed by atoms with Crippen molar-refractivity contribution < 1.29 is 4.79 Å². The SMILES string of the molecule is CC1=CCC(C)c2ncccc2C=C1C(=O)NCc1ccc(C2CCCCCC(C)CC2)cc1. The lowest BCUT2D eigenvalue weighted by atomic mass is 9.87. The van der Waals surface area contributed by atoms with E-state index in [9.17, 15) is 4.79 Å². The first-order chi connectivity index (χ1) is 16.5. The van der Waals surface area contributed by atoms with E-state index in [4.69, 9.17) is 0 Å². The number of hydrogen-bond acceptors (Lipinski definition) is 2. The summed E-state index contributed by atoms with van der Waals surface area (Å²) < 4.78 is 0. The molecule has 0 aliphatic heterocycles. The molecule has 1 N–H and O–H groups in total. The monoisotopic (exact) mass is 456 g/mol. The van der Waals surface area contributed by atoms with Crippen LogP contribution in [0.5, 0.6) is 0 Å². The van der Waals surface area contributed by atoms with Gasteiger partial charge in [0.05, 0.1) is 5.69 Å². The average Bonchev–Trinajstić information content (AvgIpc) is 2.96. The van der Waals surface area contributed by atoms with Gasteiger partial charge in [0.1, 0.15) is 0 Å². The Morgan fingerprint density at radius 3 is 2.62 bits per heavy atom. The highest BCUT2D eigenvalue weighted by atomic mass is 16.1. The van der Waals surface area contributed by atoms with E-state index in [2.05, 4.69) is 60.6 Å². The van der Waals surface area contributed by atoms with Gasteiger partial charge in [-0.05, 0) is 72.4 Å². The molecular weight excluding hydrogens is 416 g/mol. The largest absolute Gasteiger partial charge is 0.348 e. The summed E-state index contributed by atoms with van der Waals surface area (Å²) in [7, 11) is 0. The van der Waals surface area contributed by atoms with Gasteiger partial charge in [0.2, 0.25) is 0 Å². The van der Waals surface area contributed by atoms with Crippen LogP contribution in [-0.4, -0.2) is 10.9 Å². The first-order valence-electron chi connectivity index (χ1n) is 13.2. The molecule has 3 unspecified atom stereocenters. The second-order valence-electron chi connectivity index (χ2n) is 10.5. The third-order valence-corrected chi connectivity index (χ3v) is 7.75. The van der Waals surface area contributed by atoms with Crippen LogP contribution in [0.1, 0.15) is 106 Å². The van der Waals surface area contributed by atoms with Gasteiger partial charge in [0, 0.05) is 24.2 Å². The van der Waals surface area contributed by atoms with Crippen molar-refractivity contribution >= 4 is 12.0 Å². The van der Waals surface area contributed by atoms with Gasteiger partial charge in [0.15, 0.2) is 0 Å². The molecule has 1 aromatic heterocycles. The zero-order valence-electron chi connectivity index (χ0n) is 21.1. The number of carbonyl (C=O) groups excluding carboxylic acids is 1. The standard InChI is InChI=1S/C31H40N2O/c1-22-8-5-4-6-9-26(16-11-22)27-17-14-25(15-18-27)21-33-31(34)29-20-28-10-7-19-32-30(28)24(3)13-12-23(29)2/h7,10,12,14-15,17-20,22,24,26H,4-6,8-9,11,13,16,21H2,1-3H3,(H,33,34). The molecule has 1 heterocycles. The van der Waals surface area contributed by atoms with Crippen LogP contribution in [0.2, 0.25) is 0 Å². The molecule has 2 aromatic rings. The highest BCUT2D eigenvalue weighted by molar-refractivity contribution is 6.02. The molecule has 0 bridgehead atoms. The topological polar surface area (TPSA) is 42.0 Å². The molecule has 1 amide bonds. The molecule has 1 aromatic carbocycles. The number of amides is 1. The van der Waals surface area contributed by atoms with Gasteiger partial charge in [-0.15, -0.1) is 0 Å². The molecule has 2 aliphatic carbocycles. The predicted octanol–water partition coefficient (Wildman–Crippen LogP) is 7.70. The van der Waals surface area contributed by atoms with E-state index >= 15 is 0 Å². The normalized spacial score (nSPS) is 23.7. The van der Waals surface area contributed by atoms with Gasteiger partial charge in [-0.25, -0.2) is 0 Å². The molecule has 4 rings (SSSR count). The van der Waals surface area contributed by atoms with Crippen molar-refractivity contribution in [1.82, 2.24) is 10.3 Å². The summed E-state index contributed by atoms with van der Waals surface area (Å²) in [6.45, 7) is 7.18. The lowest BCUT2D eigenvalue weighted by Gasteiger charge is -2.19. The molecule has 0 saturated heterocycles. The highest BCUT2D eigenvalue weighted by Crippen LogP contribution is 2.32. The van der Waals surface area contributed by atoms with Crippen molar-refractivity contribution in [2.24, 2.45) is 5.92 Å². The number of nitrogens with one attached hydrogen (secondary N) is 1. The molecule has 0 radical (unpaired) electrons. The Balaban J connectivity index is 1.41. The first kappa shape index (κ1) is 24.4. The summed E-state index contributed by atoms with van der Waals surface area (Å²) in [5.41, 5.74) is 6.48. The third-order valence-electron chi connectivity index (χ3n) is 7.75. The predicted molar refractivity (Wildman–Crippen MR) is 142 cm³/mol. The fourth-order valence-electron chi connectivity index (χ4n) is 5.41. The van der Waals surface area contributed by atoms with Crippen LogP contribution in [-0.2, 0) is 11.3 Å². The molecular formula is C31H40N2O. The number of hydrogen-bond donors (Lipinski definition) is 1. The number of aromatic nitrogens is 1. The van der Waals surface area contributed by atoms with Gasteiger partial charge < -0.3 is 5.32 Å². The number of fused-ring (bicyclic) bond motifs is 1. The van der Waals surface area contributed by atoms with Gasteiger partial charge in [-0.1, -0.05) is 82.4 Å². The quantitative estimate of drug-likeness (QED) is 0.512. The third kappa shape index (κ3) is 6.25. The molecule has 34 heavy (non-hydrogen) atoms. The maximum absolute atomic E-state index is 13.1. The highest BCUT2D eigenvalue weighted by Gasteiger charge is 2.19. The zero-order chi connectivity index (χ0) is 23.9. The van der Waals surface area contributed by atoms with Crippen molar-refractivity contribution in [3.63, 3.8) is 0 Å². The maximum Gasteiger partial charge on any atom is 0.251 e. The Morgan fingerprint density at radius 2 is 1.79 bits per heavy atom. The van der Waals surface area contributed by atoms with Crippen molar-refractivity contribution in [3.05, 3.63) is 82.2 Å². The fraction of sp³-hybridized carbons (Fsp3) is 0.484. The van der Waals surface area contributed by atoms with E-state index in [0.717, 1.165) is 40.3 Å². The summed E-state index contributed by atoms with van der Waals surface area (Å²) >= 11 is 0. The van der Waals surface area contributed by atoms with Crippen LogP contribution in [0.25, 0.3) is 6.08 Å². The minimum atomic E-state index is -0.0209. The Hall–Kier alpha value is -2.68. The smallest absolute Gasteiger partial charge is 0.251 e. The lowest BCUT2D eigenvalue weighted by molar-refractivity contribution is -0.117. The van der Waals surface area contributed by atoms with Crippen LogP contribution < -0.4 is 5.32 Å². The number of pyridine rings is 1. The van der Waals surface area contributed by atoms with E-state index in [1.54, 1.807) is 0 Å². The summed E-state index contributed by atoms with van der Waals surface area (Å²) in [6, 6.07) is 13.0. The van der Waals surface area contributed by atoms with Crippen LogP contribution >= 0.6 is 0 Å². The van der Waals surface area contributed by atoms with Crippen LogP contribution in [0.3, 0.4) is 0 Å². The van der Waals surface area contributed by atoms with Gasteiger partial charge in [-0.2, -0.15) is 0 Å². The molecule has 0 spiro atoms. The van der Waals surface area contributed by atoms with Crippen LogP contribution in [0, 0.1) is 5.92 Å².